The summed E-state index contributed by atoms with van der Waals surface area (Å²) in [5, 5.41) is 11.1. The van der Waals surface area contributed by atoms with Crippen LogP contribution in [0.15, 0.2) is 24.3 Å². The van der Waals surface area contributed by atoms with E-state index >= 15 is 0 Å². The highest BCUT2D eigenvalue weighted by Crippen LogP contribution is 2.26. The normalized spacial score (nSPS) is 26.3. The van der Waals surface area contributed by atoms with Crippen LogP contribution in [0.4, 0.5) is 0 Å². The summed E-state index contributed by atoms with van der Waals surface area (Å²) in [5.41, 5.74) is 2.26. The Morgan fingerprint density at radius 3 is 2.84 bits per heavy atom. The van der Waals surface area contributed by atoms with Crippen molar-refractivity contribution in [2.75, 3.05) is 18.8 Å². The van der Waals surface area contributed by atoms with E-state index in [1.165, 1.54) is 11.3 Å². The minimum absolute atomic E-state index is 0.335. The van der Waals surface area contributed by atoms with Crippen LogP contribution in [0.25, 0.3) is 0 Å². The lowest BCUT2D eigenvalue weighted by atomic mass is 10.0. The topological polar surface area (TPSA) is 23.5 Å². The zero-order chi connectivity index (χ0) is 13.8. The van der Waals surface area contributed by atoms with Gasteiger partial charge in [-0.3, -0.25) is 4.90 Å². The van der Waals surface area contributed by atoms with Crippen molar-refractivity contribution in [1.29, 1.82) is 0 Å². The molecule has 0 saturated carbocycles. The van der Waals surface area contributed by atoms with Crippen LogP contribution >= 0.6 is 11.8 Å². The van der Waals surface area contributed by atoms with E-state index in [1.54, 1.807) is 0 Å². The lowest BCUT2D eigenvalue weighted by Crippen LogP contribution is -2.45. The first kappa shape index (κ1) is 14.9. The minimum Gasteiger partial charge on any atom is -0.388 e. The molecule has 2 nitrogen and oxygen atoms in total. The van der Waals surface area contributed by atoms with Gasteiger partial charge in [-0.05, 0) is 31.4 Å². The number of aliphatic hydroxyl groups is 1. The number of rotatable bonds is 4. The molecule has 3 atom stereocenters. The van der Waals surface area contributed by atoms with E-state index in [0.717, 1.165) is 25.1 Å². The van der Waals surface area contributed by atoms with Crippen molar-refractivity contribution < 1.29 is 5.11 Å². The van der Waals surface area contributed by atoms with E-state index in [9.17, 15) is 5.11 Å². The summed E-state index contributed by atoms with van der Waals surface area (Å²) in [6.07, 6.45) is 0.491. The van der Waals surface area contributed by atoms with Crippen LogP contribution in [0, 0.1) is 6.92 Å². The molecular formula is C16H25NOS. The van der Waals surface area contributed by atoms with Gasteiger partial charge >= 0.3 is 0 Å². The van der Waals surface area contributed by atoms with Crippen LogP contribution in [0.5, 0.6) is 0 Å². The molecule has 1 saturated heterocycles. The van der Waals surface area contributed by atoms with E-state index in [1.807, 2.05) is 18.2 Å². The molecule has 3 heteroatoms. The average molecular weight is 279 g/mol. The van der Waals surface area contributed by atoms with Crippen LogP contribution in [-0.2, 0) is 0 Å². The predicted octanol–water partition coefficient (Wildman–Crippen LogP) is 3.24. The molecule has 1 N–H and O–H groups in total. The highest BCUT2D eigenvalue weighted by atomic mass is 32.2. The number of benzene rings is 1. The Bertz CT molecular complexity index is 409. The van der Waals surface area contributed by atoms with E-state index in [4.69, 9.17) is 0 Å². The SMILES string of the molecule is Cc1ccccc1C(O)CCN1CCSC(C)C1C. The maximum atomic E-state index is 10.4. The largest absolute Gasteiger partial charge is 0.388 e. The molecule has 0 bridgehead atoms. The zero-order valence-corrected chi connectivity index (χ0v) is 13.0. The van der Waals surface area contributed by atoms with Gasteiger partial charge in [0.1, 0.15) is 0 Å². The van der Waals surface area contributed by atoms with Gasteiger partial charge in [-0.25, -0.2) is 0 Å². The highest BCUT2D eigenvalue weighted by molar-refractivity contribution is 8.00. The molecule has 0 aromatic heterocycles. The lowest BCUT2D eigenvalue weighted by Gasteiger charge is -2.37. The molecule has 0 spiro atoms. The standard InChI is InChI=1S/C16H25NOS/c1-12-6-4-5-7-15(12)16(18)8-9-17-10-11-19-14(3)13(17)2/h4-7,13-14,16,18H,8-11H2,1-3H3. The fraction of sp³-hybridized carbons (Fsp3) is 0.625. The first-order chi connectivity index (χ1) is 9.09. The molecular weight excluding hydrogens is 254 g/mol. The minimum atomic E-state index is -0.335. The second-order valence-corrected chi connectivity index (χ2v) is 7.00. The van der Waals surface area contributed by atoms with Crippen LogP contribution < -0.4 is 0 Å². The van der Waals surface area contributed by atoms with Gasteiger partial charge < -0.3 is 5.11 Å². The van der Waals surface area contributed by atoms with Crippen molar-refractivity contribution in [1.82, 2.24) is 4.90 Å². The van der Waals surface area contributed by atoms with Gasteiger partial charge in [-0.1, -0.05) is 31.2 Å². The molecule has 1 aliphatic heterocycles. The third-order valence-electron chi connectivity index (χ3n) is 4.25. The third-order valence-corrected chi connectivity index (χ3v) is 5.59. The van der Waals surface area contributed by atoms with Gasteiger partial charge in [-0.15, -0.1) is 0 Å². The van der Waals surface area contributed by atoms with Crippen LogP contribution in [0.3, 0.4) is 0 Å². The number of hydrogen-bond acceptors (Lipinski definition) is 3. The van der Waals surface area contributed by atoms with Gasteiger partial charge in [0, 0.05) is 30.1 Å². The van der Waals surface area contributed by atoms with E-state index in [0.29, 0.717) is 11.3 Å². The summed E-state index contributed by atoms with van der Waals surface area (Å²) >= 11 is 2.06. The number of aryl methyl sites for hydroxylation is 1. The Labute approximate surface area is 121 Å². The second-order valence-electron chi connectivity index (χ2n) is 5.51. The Kier molecular flexibility index (Phi) is 5.31. The molecule has 1 aromatic rings. The first-order valence-electron chi connectivity index (χ1n) is 7.19. The van der Waals surface area contributed by atoms with Gasteiger partial charge in [0.25, 0.3) is 0 Å². The van der Waals surface area contributed by atoms with Gasteiger partial charge in [0.05, 0.1) is 6.10 Å². The summed E-state index contributed by atoms with van der Waals surface area (Å²) in [4.78, 5) is 2.52. The fourth-order valence-corrected chi connectivity index (χ4v) is 3.88. The summed E-state index contributed by atoms with van der Waals surface area (Å²) in [6, 6.07) is 8.76. The molecule has 1 aromatic carbocycles. The van der Waals surface area contributed by atoms with E-state index in [-0.39, 0.29) is 6.10 Å². The summed E-state index contributed by atoms with van der Waals surface area (Å²) < 4.78 is 0. The lowest BCUT2D eigenvalue weighted by molar-refractivity contribution is 0.127. The molecule has 0 radical (unpaired) electrons. The summed E-state index contributed by atoms with van der Waals surface area (Å²) in [7, 11) is 0. The molecule has 1 aliphatic rings. The Hall–Kier alpha value is -0.510. The summed E-state index contributed by atoms with van der Waals surface area (Å²) in [6.45, 7) is 8.81. The Morgan fingerprint density at radius 2 is 2.11 bits per heavy atom. The Morgan fingerprint density at radius 1 is 1.37 bits per heavy atom. The van der Waals surface area contributed by atoms with Gasteiger partial charge in [0.2, 0.25) is 0 Å². The fourth-order valence-electron chi connectivity index (χ4n) is 2.72. The van der Waals surface area contributed by atoms with Crippen molar-refractivity contribution in [3.05, 3.63) is 35.4 Å². The maximum absolute atomic E-state index is 10.4. The van der Waals surface area contributed by atoms with E-state index in [2.05, 4.69) is 43.5 Å². The van der Waals surface area contributed by atoms with Crippen molar-refractivity contribution in [2.24, 2.45) is 0 Å². The van der Waals surface area contributed by atoms with Crippen molar-refractivity contribution in [3.8, 4) is 0 Å². The molecule has 0 amide bonds. The maximum Gasteiger partial charge on any atom is 0.0804 e. The molecule has 3 unspecified atom stereocenters. The molecule has 2 rings (SSSR count). The number of hydrogen-bond donors (Lipinski definition) is 1. The second kappa shape index (κ2) is 6.78. The molecule has 0 aliphatic carbocycles. The average Bonchev–Trinajstić information content (AvgIpc) is 2.40. The monoisotopic (exact) mass is 279 g/mol. The zero-order valence-electron chi connectivity index (χ0n) is 12.2. The van der Waals surface area contributed by atoms with Crippen LogP contribution in [0.1, 0.15) is 37.5 Å². The predicted molar refractivity (Wildman–Crippen MR) is 83.7 cm³/mol. The highest BCUT2D eigenvalue weighted by Gasteiger charge is 2.25. The van der Waals surface area contributed by atoms with Crippen LogP contribution in [-0.4, -0.2) is 40.1 Å². The van der Waals surface area contributed by atoms with Gasteiger partial charge in [0.15, 0.2) is 0 Å². The molecule has 1 heterocycles. The molecule has 106 valence electrons. The molecule has 19 heavy (non-hydrogen) atoms. The van der Waals surface area contributed by atoms with Crippen LogP contribution in [0.2, 0.25) is 0 Å². The first-order valence-corrected chi connectivity index (χ1v) is 8.23. The number of thioether (sulfide) groups is 1. The number of aliphatic hydroxyl groups excluding tert-OH is 1. The number of nitrogens with zero attached hydrogens (tertiary/aromatic N) is 1. The Balaban J connectivity index is 1.90. The quantitative estimate of drug-likeness (QED) is 0.915. The van der Waals surface area contributed by atoms with Crippen molar-refractivity contribution in [3.63, 3.8) is 0 Å². The van der Waals surface area contributed by atoms with Gasteiger partial charge in [-0.2, -0.15) is 11.8 Å². The van der Waals surface area contributed by atoms with Crippen molar-refractivity contribution >= 4 is 11.8 Å². The van der Waals surface area contributed by atoms with E-state index < -0.39 is 0 Å². The molecule has 1 fully saturated rings. The third kappa shape index (κ3) is 3.74. The van der Waals surface area contributed by atoms with Crippen molar-refractivity contribution in [2.45, 2.75) is 44.6 Å². The smallest absolute Gasteiger partial charge is 0.0804 e. The summed E-state index contributed by atoms with van der Waals surface area (Å²) in [5.74, 6) is 1.21.